The second-order valence-corrected chi connectivity index (χ2v) is 6.58. The molecule has 0 aliphatic rings. The van der Waals surface area contributed by atoms with Crippen LogP contribution in [0.5, 0.6) is 0 Å². The molecule has 135 valence electrons. The Kier molecular flexibility index (Phi) is 4.82. The zero-order valence-electron chi connectivity index (χ0n) is 15.5. The fourth-order valence-electron chi connectivity index (χ4n) is 3.61. The van der Waals surface area contributed by atoms with Crippen molar-refractivity contribution in [3.05, 3.63) is 59.2 Å². The van der Waals surface area contributed by atoms with E-state index in [4.69, 9.17) is 0 Å². The SMILES string of the molecule is Cc1cc(C)c(-n2cnnc2-c2[c-]ccc3nc(C)n(C)c23)c(C)c1.[Ir]. The zero-order valence-corrected chi connectivity index (χ0v) is 17.9. The van der Waals surface area contributed by atoms with E-state index in [1.54, 1.807) is 6.33 Å². The molecule has 0 bridgehead atoms. The Balaban J connectivity index is 0.00000196. The third kappa shape index (κ3) is 2.79. The van der Waals surface area contributed by atoms with Crippen molar-refractivity contribution in [2.45, 2.75) is 27.7 Å². The summed E-state index contributed by atoms with van der Waals surface area (Å²) < 4.78 is 4.13. The van der Waals surface area contributed by atoms with Gasteiger partial charge in [0.25, 0.3) is 0 Å². The smallest absolute Gasteiger partial charge is 0.114 e. The molecular formula is C20H20IrN5-. The molecule has 4 aromatic rings. The molecule has 0 spiro atoms. The van der Waals surface area contributed by atoms with Gasteiger partial charge in [-0.15, -0.1) is 23.3 Å². The van der Waals surface area contributed by atoms with E-state index in [2.05, 4.69) is 63.3 Å². The zero-order chi connectivity index (χ0) is 17.7. The summed E-state index contributed by atoms with van der Waals surface area (Å²) in [4.78, 5) is 4.62. The van der Waals surface area contributed by atoms with Crippen molar-refractivity contribution in [2.75, 3.05) is 0 Å². The van der Waals surface area contributed by atoms with Gasteiger partial charge in [-0.05, 0) is 44.3 Å². The monoisotopic (exact) mass is 523 g/mol. The molecule has 1 radical (unpaired) electrons. The predicted molar refractivity (Wildman–Crippen MR) is 98.9 cm³/mol. The van der Waals surface area contributed by atoms with Gasteiger partial charge in [0.15, 0.2) is 0 Å². The Morgan fingerprint density at radius 2 is 1.73 bits per heavy atom. The quantitative estimate of drug-likeness (QED) is 0.376. The van der Waals surface area contributed by atoms with Crippen LogP contribution in [0.3, 0.4) is 0 Å². The average Bonchev–Trinajstić information content (AvgIpc) is 3.12. The molecule has 0 atom stereocenters. The van der Waals surface area contributed by atoms with Gasteiger partial charge >= 0.3 is 0 Å². The maximum Gasteiger partial charge on any atom is 0.114 e. The number of benzene rings is 2. The Bertz CT molecular complexity index is 1080. The summed E-state index contributed by atoms with van der Waals surface area (Å²) in [7, 11) is 2.02. The summed E-state index contributed by atoms with van der Waals surface area (Å²) in [6, 6.07) is 11.6. The number of hydrogen-bond acceptors (Lipinski definition) is 3. The summed E-state index contributed by atoms with van der Waals surface area (Å²) in [5.41, 5.74) is 7.66. The topological polar surface area (TPSA) is 48.5 Å². The minimum atomic E-state index is 0. The summed E-state index contributed by atoms with van der Waals surface area (Å²) in [5.74, 6) is 1.74. The van der Waals surface area contributed by atoms with Gasteiger partial charge < -0.3 is 9.13 Å². The maximum atomic E-state index is 4.62. The molecule has 4 rings (SSSR count). The van der Waals surface area contributed by atoms with Gasteiger partial charge in [-0.25, -0.2) is 0 Å². The van der Waals surface area contributed by atoms with Crippen molar-refractivity contribution in [3.8, 4) is 17.1 Å². The van der Waals surface area contributed by atoms with Gasteiger partial charge in [0.2, 0.25) is 0 Å². The number of fused-ring (bicyclic) bond motifs is 1. The van der Waals surface area contributed by atoms with Gasteiger partial charge in [-0.3, -0.25) is 4.98 Å². The van der Waals surface area contributed by atoms with Crippen molar-refractivity contribution in [3.63, 3.8) is 0 Å². The second kappa shape index (κ2) is 6.78. The minimum absolute atomic E-state index is 0. The van der Waals surface area contributed by atoms with Crippen LogP contribution in [-0.4, -0.2) is 24.3 Å². The maximum absolute atomic E-state index is 4.62. The molecule has 26 heavy (non-hydrogen) atoms. The average molecular weight is 523 g/mol. The first-order valence-corrected chi connectivity index (χ1v) is 8.29. The van der Waals surface area contributed by atoms with Crippen LogP contribution < -0.4 is 0 Å². The molecule has 2 heterocycles. The van der Waals surface area contributed by atoms with Crippen LogP contribution >= 0.6 is 0 Å². The van der Waals surface area contributed by atoms with Crippen LogP contribution in [-0.2, 0) is 27.2 Å². The van der Waals surface area contributed by atoms with Crippen molar-refractivity contribution in [1.29, 1.82) is 0 Å². The third-order valence-electron chi connectivity index (χ3n) is 4.70. The van der Waals surface area contributed by atoms with Crippen LogP contribution in [0, 0.1) is 33.8 Å². The number of aryl methyl sites for hydroxylation is 5. The Morgan fingerprint density at radius 1 is 1.04 bits per heavy atom. The van der Waals surface area contributed by atoms with Crippen molar-refractivity contribution in [1.82, 2.24) is 24.3 Å². The van der Waals surface area contributed by atoms with E-state index in [1.807, 2.05) is 26.1 Å². The molecule has 0 saturated heterocycles. The van der Waals surface area contributed by atoms with Crippen molar-refractivity contribution >= 4 is 11.0 Å². The molecular weight excluding hydrogens is 502 g/mol. The standard InChI is InChI=1S/C20H20N5.Ir/c1-12-9-13(2)18(14(3)10-12)25-11-21-23-20(25)16-7-6-8-17-19(16)24(5)15(4)22-17;/h6,8-11H,1-5H3;/q-1;. The fraction of sp³-hybridized carbons (Fsp3) is 0.250. The molecule has 0 aliphatic carbocycles. The van der Waals surface area contributed by atoms with Crippen LogP contribution in [0.15, 0.2) is 30.6 Å². The van der Waals surface area contributed by atoms with E-state index in [0.717, 1.165) is 33.9 Å². The molecule has 0 saturated carbocycles. The fourth-order valence-corrected chi connectivity index (χ4v) is 3.61. The molecule has 0 amide bonds. The molecule has 6 heteroatoms. The van der Waals surface area contributed by atoms with Gasteiger partial charge in [0.1, 0.15) is 6.33 Å². The summed E-state index contributed by atoms with van der Waals surface area (Å²) >= 11 is 0. The van der Waals surface area contributed by atoms with Gasteiger partial charge in [0.05, 0.1) is 11.6 Å². The normalized spacial score (nSPS) is 11.0. The molecule has 2 aromatic carbocycles. The van der Waals surface area contributed by atoms with Crippen LogP contribution in [0.4, 0.5) is 0 Å². The van der Waals surface area contributed by atoms with E-state index in [1.165, 1.54) is 16.7 Å². The summed E-state index contributed by atoms with van der Waals surface area (Å²) in [6.07, 6.45) is 1.77. The second-order valence-electron chi connectivity index (χ2n) is 6.58. The van der Waals surface area contributed by atoms with Gasteiger partial charge in [0, 0.05) is 38.4 Å². The first-order chi connectivity index (χ1) is 12.0. The van der Waals surface area contributed by atoms with E-state index >= 15 is 0 Å². The number of aromatic nitrogens is 5. The number of hydrogen-bond donors (Lipinski definition) is 0. The molecule has 0 aliphatic heterocycles. The number of imidazole rings is 1. The predicted octanol–water partition coefficient (Wildman–Crippen LogP) is 3.85. The molecule has 5 nitrogen and oxygen atoms in total. The summed E-state index contributed by atoms with van der Waals surface area (Å²) in [6.45, 7) is 8.36. The van der Waals surface area contributed by atoms with Crippen molar-refractivity contribution in [2.24, 2.45) is 7.05 Å². The van der Waals surface area contributed by atoms with Crippen molar-refractivity contribution < 1.29 is 20.1 Å². The first kappa shape index (κ1) is 18.5. The van der Waals surface area contributed by atoms with Crippen LogP contribution in [0.2, 0.25) is 0 Å². The largest absolute Gasteiger partial charge is 0.371 e. The minimum Gasteiger partial charge on any atom is -0.371 e. The Hall–Kier alpha value is -2.30. The number of rotatable bonds is 2. The molecule has 2 aromatic heterocycles. The molecule has 0 fully saturated rings. The molecule has 0 N–H and O–H groups in total. The van der Waals surface area contributed by atoms with Gasteiger partial charge in [-0.1, -0.05) is 23.3 Å². The van der Waals surface area contributed by atoms with Crippen LogP contribution in [0.1, 0.15) is 22.5 Å². The Morgan fingerprint density at radius 3 is 2.42 bits per heavy atom. The van der Waals surface area contributed by atoms with E-state index in [9.17, 15) is 0 Å². The van der Waals surface area contributed by atoms with E-state index in [-0.39, 0.29) is 20.1 Å². The van der Waals surface area contributed by atoms with Gasteiger partial charge in [-0.2, -0.15) is 5.10 Å². The molecule has 0 unspecified atom stereocenters. The van der Waals surface area contributed by atoms with E-state index < -0.39 is 0 Å². The van der Waals surface area contributed by atoms with E-state index in [0.29, 0.717) is 0 Å². The third-order valence-corrected chi connectivity index (χ3v) is 4.70. The Labute approximate surface area is 166 Å². The number of nitrogens with zero attached hydrogens (tertiary/aromatic N) is 5. The van der Waals surface area contributed by atoms with Crippen LogP contribution in [0.25, 0.3) is 28.1 Å². The first-order valence-electron chi connectivity index (χ1n) is 8.29. The summed E-state index contributed by atoms with van der Waals surface area (Å²) in [5, 5.41) is 8.59.